The molecule has 0 spiro atoms. The van der Waals surface area contributed by atoms with Crippen molar-refractivity contribution >= 4 is 29.3 Å². The number of carbonyl (C=O) groups is 1. The molecule has 1 aromatic rings. The van der Waals surface area contributed by atoms with Crippen LogP contribution in [0.15, 0.2) is 18.2 Å². The summed E-state index contributed by atoms with van der Waals surface area (Å²) in [6.07, 6.45) is 3.23. The van der Waals surface area contributed by atoms with Crippen LogP contribution in [0.1, 0.15) is 29.3 Å². The van der Waals surface area contributed by atoms with E-state index >= 15 is 0 Å². The highest BCUT2D eigenvalue weighted by Gasteiger charge is 2.07. The van der Waals surface area contributed by atoms with E-state index in [9.17, 15) is 4.79 Å². The van der Waals surface area contributed by atoms with Crippen molar-refractivity contribution in [3.63, 3.8) is 0 Å². The third-order valence-corrected chi connectivity index (χ3v) is 3.73. The quantitative estimate of drug-likeness (QED) is 0.810. The summed E-state index contributed by atoms with van der Waals surface area (Å²) < 4.78 is 0. The summed E-state index contributed by atoms with van der Waals surface area (Å²) in [6, 6.07) is 5.62. The maximum atomic E-state index is 11.0. The van der Waals surface area contributed by atoms with Gasteiger partial charge in [0.05, 0.1) is 0 Å². The molecule has 5 heteroatoms. The summed E-state index contributed by atoms with van der Waals surface area (Å²) in [5.41, 5.74) is 6.62. The van der Waals surface area contributed by atoms with Gasteiger partial charge in [0.25, 0.3) is 0 Å². The minimum absolute atomic E-state index is 0.444. The lowest BCUT2D eigenvalue weighted by Crippen LogP contribution is -2.26. The second kappa shape index (κ2) is 7.67. The number of hydrogen-bond donors (Lipinski definition) is 2. The van der Waals surface area contributed by atoms with Crippen molar-refractivity contribution in [3.8, 4) is 0 Å². The molecule has 100 valence electrons. The third kappa shape index (κ3) is 4.88. The Hall–Kier alpha value is -0.710. The molecule has 0 aliphatic heterocycles. The molecular formula is C13H19ClN2OS. The van der Waals surface area contributed by atoms with E-state index in [1.807, 2.05) is 17.8 Å². The molecule has 1 amide bonds. The van der Waals surface area contributed by atoms with Gasteiger partial charge in [0.2, 0.25) is 5.91 Å². The molecule has 0 bridgehead atoms. The molecule has 0 aliphatic carbocycles. The van der Waals surface area contributed by atoms with E-state index in [1.165, 1.54) is 0 Å². The van der Waals surface area contributed by atoms with Gasteiger partial charge in [-0.05, 0) is 43.0 Å². The highest BCUT2D eigenvalue weighted by Crippen LogP contribution is 2.18. The zero-order chi connectivity index (χ0) is 13.5. The molecule has 18 heavy (non-hydrogen) atoms. The molecule has 1 unspecified atom stereocenters. The number of halogens is 1. The monoisotopic (exact) mass is 286 g/mol. The average Bonchev–Trinajstić information content (AvgIpc) is 2.34. The predicted molar refractivity (Wildman–Crippen MR) is 79.3 cm³/mol. The van der Waals surface area contributed by atoms with Gasteiger partial charge in [0.1, 0.15) is 0 Å². The van der Waals surface area contributed by atoms with Crippen molar-refractivity contribution in [2.45, 2.75) is 25.9 Å². The summed E-state index contributed by atoms with van der Waals surface area (Å²) in [5.74, 6) is 0.687. The van der Waals surface area contributed by atoms with Gasteiger partial charge in [-0.1, -0.05) is 17.7 Å². The molecule has 0 saturated heterocycles. The lowest BCUT2D eigenvalue weighted by Gasteiger charge is -2.14. The fourth-order valence-corrected chi connectivity index (χ4v) is 2.36. The first-order chi connectivity index (χ1) is 8.54. The summed E-state index contributed by atoms with van der Waals surface area (Å²) >= 11 is 7.95. The Morgan fingerprint density at radius 3 is 2.83 bits per heavy atom. The molecule has 0 saturated carbocycles. The van der Waals surface area contributed by atoms with Gasteiger partial charge < -0.3 is 11.1 Å². The Kier molecular flexibility index (Phi) is 6.54. The lowest BCUT2D eigenvalue weighted by molar-refractivity contribution is 0.100. The second-order valence-corrected chi connectivity index (χ2v) is 5.63. The zero-order valence-corrected chi connectivity index (χ0v) is 12.3. The van der Waals surface area contributed by atoms with E-state index in [0.717, 1.165) is 17.7 Å². The highest BCUT2D eigenvalue weighted by atomic mass is 35.5. The number of nitrogens with two attached hydrogens (primary N) is 1. The first-order valence-corrected chi connectivity index (χ1v) is 7.62. The van der Waals surface area contributed by atoms with Gasteiger partial charge in [-0.15, -0.1) is 0 Å². The van der Waals surface area contributed by atoms with Crippen molar-refractivity contribution in [1.29, 1.82) is 0 Å². The molecule has 0 aliphatic rings. The topological polar surface area (TPSA) is 55.1 Å². The Balaban J connectivity index is 2.55. The molecule has 0 heterocycles. The number of rotatable bonds is 7. The van der Waals surface area contributed by atoms with E-state index in [0.29, 0.717) is 23.2 Å². The zero-order valence-electron chi connectivity index (χ0n) is 10.7. The van der Waals surface area contributed by atoms with E-state index in [4.69, 9.17) is 17.3 Å². The first kappa shape index (κ1) is 15.3. The highest BCUT2D eigenvalue weighted by molar-refractivity contribution is 7.98. The number of carbonyl (C=O) groups excluding carboxylic acids is 1. The molecule has 1 aromatic carbocycles. The lowest BCUT2D eigenvalue weighted by atomic mass is 10.1. The summed E-state index contributed by atoms with van der Waals surface area (Å²) in [4.78, 5) is 11.0. The molecule has 3 N–H and O–H groups in total. The van der Waals surface area contributed by atoms with Crippen molar-refractivity contribution in [2.24, 2.45) is 5.73 Å². The van der Waals surface area contributed by atoms with E-state index in [1.54, 1.807) is 12.1 Å². The van der Waals surface area contributed by atoms with Crippen LogP contribution < -0.4 is 11.1 Å². The first-order valence-electron chi connectivity index (χ1n) is 5.85. The predicted octanol–water partition coefficient (Wildman–Crippen LogP) is 2.67. The maximum absolute atomic E-state index is 11.0. The van der Waals surface area contributed by atoms with Gasteiger partial charge in [-0.3, -0.25) is 4.79 Å². The largest absolute Gasteiger partial charge is 0.366 e. The van der Waals surface area contributed by atoms with Crippen LogP contribution in [-0.2, 0) is 6.54 Å². The van der Waals surface area contributed by atoms with E-state index in [-0.39, 0.29) is 0 Å². The van der Waals surface area contributed by atoms with E-state index in [2.05, 4.69) is 18.5 Å². The molecule has 0 fully saturated rings. The number of thioether (sulfide) groups is 1. The Morgan fingerprint density at radius 1 is 1.56 bits per heavy atom. The fraction of sp³-hybridized carbons (Fsp3) is 0.462. The van der Waals surface area contributed by atoms with Crippen molar-refractivity contribution in [3.05, 3.63) is 34.3 Å². The third-order valence-electron chi connectivity index (χ3n) is 2.73. The molecule has 1 rings (SSSR count). The molecule has 0 aromatic heterocycles. The second-order valence-electron chi connectivity index (χ2n) is 4.23. The van der Waals surface area contributed by atoms with Crippen LogP contribution in [0.5, 0.6) is 0 Å². The maximum Gasteiger partial charge on any atom is 0.248 e. The summed E-state index contributed by atoms with van der Waals surface area (Å²) in [6.45, 7) is 2.86. The number of hydrogen-bond acceptors (Lipinski definition) is 3. The van der Waals surface area contributed by atoms with Gasteiger partial charge >= 0.3 is 0 Å². The van der Waals surface area contributed by atoms with Gasteiger partial charge in [-0.25, -0.2) is 0 Å². The average molecular weight is 287 g/mol. The number of nitrogens with one attached hydrogen (secondary N) is 1. The molecular weight excluding hydrogens is 268 g/mol. The fourth-order valence-electron chi connectivity index (χ4n) is 1.52. The van der Waals surface area contributed by atoms with Gasteiger partial charge in [0, 0.05) is 23.2 Å². The van der Waals surface area contributed by atoms with Crippen LogP contribution in [0.3, 0.4) is 0 Å². The molecule has 0 radical (unpaired) electrons. The van der Waals surface area contributed by atoms with Crippen molar-refractivity contribution in [1.82, 2.24) is 5.32 Å². The summed E-state index contributed by atoms with van der Waals surface area (Å²) in [7, 11) is 0. The van der Waals surface area contributed by atoms with Crippen LogP contribution in [-0.4, -0.2) is 24.0 Å². The van der Waals surface area contributed by atoms with Crippen LogP contribution in [0.2, 0.25) is 5.02 Å². The molecule has 3 nitrogen and oxygen atoms in total. The van der Waals surface area contributed by atoms with Crippen LogP contribution in [0.25, 0.3) is 0 Å². The van der Waals surface area contributed by atoms with Gasteiger partial charge in [0.15, 0.2) is 0 Å². The normalized spacial score (nSPS) is 12.4. The van der Waals surface area contributed by atoms with E-state index < -0.39 is 5.91 Å². The number of amides is 1. The minimum atomic E-state index is -0.454. The summed E-state index contributed by atoms with van der Waals surface area (Å²) in [5, 5.41) is 3.99. The SMILES string of the molecule is CSCCC(C)NCc1ccc(C(N)=O)cc1Cl. The Labute approximate surface area is 117 Å². The van der Waals surface area contributed by atoms with Crippen LogP contribution >= 0.6 is 23.4 Å². The number of primary amides is 1. The van der Waals surface area contributed by atoms with Crippen LogP contribution in [0.4, 0.5) is 0 Å². The standard InChI is InChI=1S/C13H19ClN2OS/c1-9(5-6-18-2)16-8-11-4-3-10(13(15)17)7-12(11)14/h3-4,7,9,16H,5-6,8H2,1-2H3,(H2,15,17). The van der Waals surface area contributed by atoms with Gasteiger partial charge in [-0.2, -0.15) is 11.8 Å². The molecule has 1 atom stereocenters. The smallest absolute Gasteiger partial charge is 0.248 e. The minimum Gasteiger partial charge on any atom is -0.366 e. The van der Waals surface area contributed by atoms with Crippen molar-refractivity contribution in [2.75, 3.05) is 12.0 Å². The Bertz CT molecular complexity index is 412. The number of benzene rings is 1. The Morgan fingerprint density at radius 2 is 2.28 bits per heavy atom. The van der Waals surface area contributed by atoms with Crippen LogP contribution in [0, 0.1) is 0 Å². The van der Waals surface area contributed by atoms with Crippen molar-refractivity contribution < 1.29 is 4.79 Å².